The predicted octanol–water partition coefficient (Wildman–Crippen LogP) is 2.23. The van der Waals surface area contributed by atoms with Crippen molar-refractivity contribution in [1.29, 1.82) is 0 Å². The number of carbonyl (C=O) groups excluding carboxylic acids is 1. The van der Waals surface area contributed by atoms with E-state index in [-0.39, 0.29) is 5.92 Å². The molecule has 1 aliphatic heterocycles. The maximum absolute atomic E-state index is 11.5. The van der Waals surface area contributed by atoms with Gasteiger partial charge in [0.15, 0.2) is 0 Å². The summed E-state index contributed by atoms with van der Waals surface area (Å²) < 4.78 is 0. The first-order valence-electron chi connectivity index (χ1n) is 6.77. The van der Waals surface area contributed by atoms with E-state index in [0.29, 0.717) is 5.78 Å². The van der Waals surface area contributed by atoms with Crippen LogP contribution in [0, 0.1) is 5.92 Å². The number of nitrogens with zero attached hydrogens (tertiary/aromatic N) is 3. The third kappa shape index (κ3) is 3.06. The largest absolute Gasteiger partial charge is 0.356 e. The molecule has 0 radical (unpaired) electrons. The number of Topliss-reactive ketones (excluding diaryl/α,β-unsaturated/α-hetero) is 1. The lowest BCUT2D eigenvalue weighted by Gasteiger charge is -2.32. The number of hydrogen-bond acceptors (Lipinski definition) is 4. The van der Waals surface area contributed by atoms with Crippen molar-refractivity contribution in [3.05, 3.63) is 18.1 Å². The van der Waals surface area contributed by atoms with Gasteiger partial charge in [0.25, 0.3) is 0 Å². The minimum atomic E-state index is 0.170. The topological polar surface area (TPSA) is 46.1 Å². The van der Waals surface area contributed by atoms with E-state index in [1.165, 1.54) is 0 Å². The fourth-order valence-corrected chi connectivity index (χ4v) is 2.47. The number of carbonyl (C=O) groups is 1. The minimum Gasteiger partial charge on any atom is -0.356 e. The maximum Gasteiger partial charge on any atom is 0.134 e. The smallest absolute Gasteiger partial charge is 0.134 e. The Hall–Kier alpha value is -1.45. The van der Waals surface area contributed by atoms with Crippen molar-refractivity contribution >= 4 is 11.6 Å². The van der Waals surface area contributed by atoms with Crippen LogP contribution in [0.5, 0.6) is 0 Å². The third-order valence-corrected chi connectivity index (χ3v) is 3.54. The van der Waals surface area contributed by atoms with E-state index in [1.807, 2.05) is 0 Å². The summed E-state index contributed by atoms with van der Waals surface area (Å²) in [5.74, 6) is 1.44. The number of rotatable bonds is 4. The highest BCUT2D eigenvalue weighted by molar-refractivity contribution is 5.79. The van der Waals surface area contributed by atoms with Gasteiger partial charge in [0, 0.05) is 30.8 Å². The van der Waals surface area contributed by atoms with Crippen LogP contribution in [-0.4, -0.2) is 28.8 Å². The maximum atomic E-state index is 11.5. The van der Waals surface area contributed by atoms with Crippen molar-refractivity contribution in [2.45, 2.75) is 39.5 Å². The van der Waals surface area contributed by atoms with Gasteiger partial charge in [-0.15, -0.1) is 0 Å². The zero-order chi connectivity index (χ0) is 13.0. The summed E-state index contributed by atoms with van der Waals surface area (Å²) in [5.41, 5.74) is 1.09. The number of ketones is 1. The normalized spacial score (nSPS) is 19.9. The quantitative estimate of drug-likeness (QED) is 0.818. The summed E-state index contributed by atoms with van der Waals surface area (Å²) in [7, 11) is 0. The molecule has 4 nitrogen and oxygen atoms in total. The van der Waals surface area contributed by atoms with Gasteiger partial charge < -0.3 is 4.90 Å². The van der Waals surface area contributed by atoms with Crippen LogP contribution in [0.15, 0.2) is 12.4 Å². The molecular formula is C14H21N3O. The van der Waals surface area contributed by atoms with Crippen LogP contribution in [0.3, 0.4) is 0 Å². The monoisotopic (exact) mass is 247 g/mol. The number of piperidine rings is 1. The van der Waals surface area contributed by atoms with E-state index in [1.54, 1.807) is 13.3 Å². The molecule has 1 aromatic heterocycles. The van der Waals surface area contributed by atoms with Crippen molar-refractivity contribution < 1.29 is 4.79 Å². The van der Waals surface area contributed by atoms with Gasteiger partial charge in [0.2, 0.25) is 0 Å². The first kappa shape index (κ1) is 13.0. The zero-order valence-electron chi connectivity index (χ0n) is 11.2. The number of anilines is 1. The van der Waals surface area contributed by atoms with Crippen molar-refractivity contribution in [3.63, 3.8) is 0 Å². The van der Waals surface area contributed by atoms with Crippen molar-refractivity contribution in [3.8, 4) is 0 Å². The molecule has 1 aliphatic rings. The molecule has 0 amide bonds. The summed E-state index contributed by atoms with van der Waals surface area (Å²) in [6.45, 7) is 5.63. The van der Waals surface area contributed by atoms with Gasteiger partial charge in [-0.05, 0) is 26.2 Å². The standard InChI is InChI=1S/C14H21N3O/c1-3-5-13-8-14(16-10-15-13)17-7-4-6-12(9-17)11(2)18/h8,10,12H,3-7,9H2,1-2H3. The molecule has 18 heavy (non-hydrogen) atoms. The summed E-state index contributed by atoms with van der Waals surface area (Å²) in [6.07, 6.45) is 5.79. The Kier molecular flexibility index (Phi) is 4.28. The fourth-order valence-electron chi connectivity index (χ4n) is 2.47. The van der Waals surface area contributed by atoms with Crippen LogP contribution in [0.25, 0.3) is 0 Å². The molecule has 0 aliphatic carbocycles. The Morgan fingerprint density at radius 2 is 2.33 bits per heavy atom. The Labute approximate surface area is 108 Å². The van der Waals surface area contributed by atoms with Gasteiger partial charge in [-0.25, -0.2) is 9.97 Å². The van der Waals surface area contributed by atoms with Crippen molar-refractivity contribution in [1.82, 2.24) is 9.97 Å². The van der Waals surface area contributed by atoms with Gasteiger partial charge in [-0.2, -0.15) is 0 Å². The van der Waals surface area contributed by atoms with Gasteiger partial charge >= 0.3 is 0 Å². The van der Waals surface area contributed by atoms with Gasteiger partial charge in [-0.1, -0.05) is 13.3 Å². The molecule has 2 rings (SSSR count). The summed E-state index contributed by atoms with van der Waals surface area (Å²) >= 11 is 0. The molecule has 2 heterocycles. The summed E-state index contributed by atoms with van der Waals surface area (Å²) in [6, 6.07) is 2.06. The molecule has 1 saturated heterocycles. The van der Waals surface area contributed by atoms with Crippen LogP contribution >= 0.6 is 0 Å². The lowest BCUT2D eigenvalue weighted by atomic mass is 9.94. The molecule has 1 atom stereocenters. The Bertz CT molecular complexity index is 419. The molecule has 0 saturated carbocycles. The minimum absolute atomic E-state index is 0.170. The van der Waals surface area contributed by atoms with E-state index in [9.17, 15) is 4.79 Å². The third-order valence-electron chi connectivity index (χ3n) is 3.54. The Morgan fingerprint density at radius 3 is 3.06 bits per heavy atom. The molecule has 0 N–H and O–H groups in total. The molecule has 0 spiro atoms. The molecule has 0 bridgehead atoms. The van der Waals surface area contributed by atoms with Gasteiger partial charge in [-0.3, -0.25) is 4.79 Å². The molecule has 4 heteroatoms. The fraction of sp³-hybridized carbons (Fsp3) is 0.643. The first-order chi connectivity index (χ1) is 8.70. The van der Waals surface area contributed by atoms with Crippen molar-refractivity contribution in [2.24, 2.45) is 5.92 Å². The molecule has 1 fully saturated rings. The summed E-state index contributed by atoms with van der Waals surface area (Å²) in [4.78, 5) is 22.3. The lowest BCUT2D eigenvalue weighted by Crippen LogP contribution is -2.38. The number of hydrogen-bond donors (Lipinski definition) is 0. The van der Waals surface area contributed by atoms with E-state index >= 15 is 0 Å². The lowest BCUT2D eigenvalue weighted by molar-refractivity contribution is -0.120. The van der Waals surface area contributed by atoms with Crippen LogP contribution in [-0.2, 0) is 11.2 Å². The second-order valence-corrected chi connectivity index (χ2v) is 5.01. The Balaban J connectivity index is 2.10. The highest BCUT2D eigenvalue weighted by Crippen LogP contribution is 2.22. The van der Waals surface area contributed by atoms with Crippen LogP contribution in [0.2, 0.25) is 0 Å². The number of aryl methyl sites for hydroxylation is 1. The second-order valence-electron chi connectivity index (χ2n) is 5.01. The molecule has 1 aromatic rings. The second kappa shape index (κ2) is 5.94. The molecule has 0 aromatic carbocycles. The van der Waals surface area contributed by atoms with Gasteiger partial charge in [0.05, 0.1) is 0 Å². The van der Waals surface area contributed by atoms with Crippen LogP contribution in [0.1, 0.15) is 38.8 Å². The first-order valence-corrected chi connectivity index (χ1v) is 6.77. The zero-order valence-corrected chi connectivity index (χ0v) is 11.2. The average Bonchev–Trinajstić information content (AvgIpc) is 2.39. The van der Waals surface area contributed by atoms with Gasteiger partial charge in [0.1, 0.15) is 17.9 Å². The van der Waals surface area contributed by atoms with E-state index in [2.05, 4.69) is 27.9 Å². The SMILES string of the molecule is CCCc1cc(N2CCCC(C(C)=O)C2)ncn1. The predicted molar refractivity (Wildman–Crippen MR) is 71.6 cm³/mol. The van der Waals surface area contributed by atoms with Crippen molar-refractivity contribution in [2.75, 3.05) is 18.0 Å². The van der Waals surface area contributed by atoms with E-state index in [4.69, 9.17) is 0 Å². The highest BCUT2D eigenvalue weighted by atomic mass is 16.1. The average molecular weight is 247 g/mol. The molecule has 98 valence electrons. The van der Waals surface area contributed by atoms with Crippen LogP contribution < -0.4 is 4.90 Å². The van der Waals surface area contributed by atoms with Crippen LogP contribution in [0.4, 0.5) is 5.82 Å². The molecular weight excluding hydrogens is 226 g/mol. The highest BCUT2D eigenvalue weighted by Gasteiger charge is 2.24. The van der Waals surface area contributed by atoms with E-state index < -0.39 is 0 Å². The molecule has 1 unspecified atom stereocenters. The Morgan fingerprint density at radius 1 is 1.50 bits per heavy atom. The van der Waals surface area contributed by atoms with E-state index in [0.717, 1.165) is 50.3 Å². The summed E-state index contributed by atoms with van der Waals surface area (Å²) in [5, 5.41) is 0. The number of aromatic nitrogens is 2.